The average molecular weight is 564 g/mol. The van der Waals surface area contributed by atoms with Crippen molar-refractivity contribution in [3.8, 4) is 0 Å². The van der Waals surface area contributed by atoms with Gasteiger partial charge in [-0.1, -0.05) is 42.0 Å². The summed E-state index contributed by atoms with van der Waals surface area (Å²) >= 11 is 1.61. The normalized spacial score (nSPS) is 13.2. The first-order chi connectivity index (χ1) is 13.9. The topological polar surface area (TPSA) is 25.8 Å². The summed E-state index contributed by atoms with van der Waals surface area (Å²) in [6.07, 6.45) is 11.1. The summed E-state index contributed by atoms with van der Waals surface area (Å²) in [6.45, 7) is 0. The predicted octanol–water partition coefficient (Wildman–Crippen LogP) is 6.44. The van der Waals surface area contributed by atoms with Gasteiger partial charge in [0.05, 0.1) is 5.52 Å². The molecule has 4 heteroatoms. The van der Waals surface area contributed by atoms with E-state index in [0.29, 0.717) is 0 Å². The molecule has 0 aliphatic heterocycles. The Kier molecular flexibility index (Phi) is 5.90. The van der Waals surface area contributed by atoms with E-state index in [9.17, 15) is 0 Å². The van der Waals surface area contributed by atoms with Crippen LogP contribution in [0, 0.1) is 5.92 Å². The van der Waals surface area contributed by atoms with Crippen LogP contribution >= 0.6 is 9.42 Å². The van der Waals surface area contributed by atoms with Gasteiger partial charge in [0.15, 0.2) is 0 Å². The molecule has 0 N–H and O–H groups in total. The van der Waals surface area contributed by atoms with Crippen LogP contribution < -0.4 is 0 Å². The second-order valence-electron chi connectivity index (χ2n) is 6.51. The van der Waals surface area contributed by atoms with Gasteiger partial charge in [-0.25, -0.2) is 0 Å². The van der Waals surface area contributed by atoms with Gasteiger partial charge < -0.3 is 4.98 Å². The number of rotatable bonds is 2. The molecular weight excluding hydrogens is 547 g/mol. The van der Waals surface area contributed by atoms with Crippen LogP contribution in [0.1, 0.15) is 17.5 Å². The Balaban J connectivity index is 0.000000932. The number of benzene rings is 2. The van der Waals surface area contributed by atoms with Crippen LogP contribution in [0.2, 0.25) is 0 Å². The van der Waals surface area contributed by atoms with Crippen molar-refractivity contribution < 1.29 is 18.8 Å². The Bertz CT molecular complexity index is 1170. The van der Waals surface area contributed by atoms with Gasteiger partial charge in [0, 0.05) is 23.3 Å². The molecule has 5 rings (SSSR count). The molecule has 0 atom stereocenters. The minimum atomic E-state index is 0.877. The van der Waals surface area contributed by atoms with Gasteiger partial charge in [-0.15, -0.1) is 41.8 Å². The molecule has 0 unspecified atom stereocenters. The van der Waals surface area contributed by atoms with Crippen molar-refractivity contribution in [3.05, 3.63) is 108 Å². The zero-order chi connectivity index (χ0) is 19.3. The summed E-state index contributed by atoms with van der Waals surface area (Å²) in [7, 11) is 4.61. The molecule has 2 aromatic carbocycles. The maximum atomic E-state index is 4.62. The van der Waals surface area contributed by atoms with E-state index in [4.69, 9.17) is 0 Å². The van der Waals surface area contributed by atoms with Crippen LogP contribution in [-0.4, -0.2) is 9.97 Å². The van der Waals surface area contributed by atoms with Crippen molar-refractivity contribution in [2.45, 2.75) is 6.42 Å². The average Bonchev–Trinajstić information content (AvgIpc) is 2.80. The molecule has 0 amide bonds. The van der Waals surface area contributed by atoms with Gasteiger partial charge in [0.25, 0.3) is 0 Å². The summed E-state index contributed by atoms with van der Waals surface area (Å²) in [5.41, 5.74) is 5.83. The van der Waals surface area contributed by atoms with Crippen molar-refractivity contribution in [2.24, 2.45) is 0 Å². The monoisotopic (exact) mass is 563 g/mol. The molecule has 140 valence electrons. The van der Waals surface area contributed by atoms with Gasteiger partial charge in [-0.2, -0.15) is 0 Å². The fourth-order valence-electron chi connectivity index (χ4n) is 3.70. The number of hydrogen-bond acceptors (Lipinski definition) is 2. The summed E-state index contributed by atoms with van der Waals surface area (Å²) in [6, 6.07) is 21.0. The molecule has 1 aliphatic rings. The molecule has 0 radical (unpaired) electrons. The van der Waals surface area contributed by atoms with Crippen molar-refractivity contribution in [1.29, 1.82) is 0 Å². The Morgan fingerprint density at radius 2 is 1.43 bits per heavy atom. The number of hydrogen-bond donors (Lipinski definition) is 0. The number of para-hydroxylation sites is 2. The third kappa shape index (κ3) is 3.63. The third-order valence-electron chi connectivity index (χ3n) is 4.93. The number of aromatic nitrogens is 2. The van der Waals surface area contributed by atoms with Gasteiger partial charge in [-0.05, 0) is 29.5 Å². The van der Waals surface area contributed by atoms with Crippen molar-refractivity contribution in [2.75, 3.05) is 0 Å². The van der Waals surface area contributed by atoms with Crippen LogP contribution in [0.5, 0.6) is 0 Å². The Hall–Kier alpha value is -2.41. The van der Waals surface area contributed by atoms with Crippen molar-refractivity contribution in [3.63, 3.8) is 0 Å². The number of allylic oxidation sites excluding steroid dienone is 4. The van der Waals surface area contributed by atoms with Crippen LogP contribution in [0.4, 0.5) is 0 Å². The second-order valence-corrected chi connectivity index (χ2v) is 6.51. The zero-order valence-electron chi connectivity index (χ0n) is 15.0. The summed E-state index contributed by atoms with van der Waals surface area (Å²) in [5.74, 6) is 1.29. The van der Waals surface area contributed by atoms with E-state index in [-0.39, 0.29) is 0 Å². The molecule has 2 heterocycles. The maximum absolute atomic E-state index is 4.62. The molecule has 0 spiro atoms. The number of fused-ring (bicyclic) bond motifs is 2. The molecule has 0 fully saturated rings. The van der Waals surface area contributed by atoms with Gasteiger partial charge in [0.2, 0.25) is 0 Å². The van der Waals surface area contributed by atoms with E-state index in [2.05, 4.69) is 86.1 Å². The van der Waals surface area contributed by atoms with E-state index >= 15 is 0 Å². The first-order valence-electron chi connectivity index (χ1n) is 8.93. The van der Waals surface area contributed by atoms with Crippen molar-refractivity contribution in [1.82, 2.24) is 9.97 Å². The molecular formula is C24H17ClN2Pt. The number of nitrogens with zero attached hydrogens (tertiary/aromatic N) is 2. The molecule has 28 heavy (non-hydrogen) atoms. The van der Waals surface area contributed by atoms with Crippen LogP contribution in [0.25, 0.3) is 27.4 Å². The minimum absolute atomic E-state index is 0.877. The van der Waals surface area contributed by atoms with Gasteiger partial charge in [0.1, 0.15) is 0 Å². The van der Waals surface area contributed by atoms with Gasteiger partial charge >= 0.3 is 28.2 Å². The molecule has 2 aromatic heterocycles. The molecule has 0 bridgehead atoms. The Labute approximate surface area is 179 Å². The first kappa shape index (κ1) is 18.9. The van der Waals surface area contributed by atoms with E-state index in [0.717, 1.165) is 17.5 Å². The molecule has 2 nitrogen and oxygen atoms in total. The fraction of sp³-hybridized carbons (Fsp3) is 0.0417. The number of halogens is 1. The Morgan fingerprint density at radius 3 is 2.21 bits per heavy atom. The van der Waals surface area contributed by atoms with Gasteiger partial charge in [-0.3, -0.25) is 4.98 Å². The zero-order valence-corrected chi connectivity index (χ0v) is 18.0. The molecule has 1 aliphatic carbocycles. The molecule has 0 saturated heterocycles. The summed E-state index contributed by atoms with van der Waals surface area (Å²) in [4.78, 5) is 9.24. The summed E-state index contributed by atoms with van der Waals surface area (Å²) < 4.78 is 0. The second kappa shape index (κ2) is 8.73. The Morgan fingerprint density at radius 1 is 0.786 bits per heavy atom. The van der Waals surface area contributed by atoms with Crippen LogP contribution in [0.3, 0.4) is 0 Å². The molecule has 0 saturated carbocycles. The van der Waals surface area contributed by atoms with Crippen molar-refractivity contribution >= 4 is 36.8 Å². The first-order valence-corrected chi connectivity index (χ1v) is 11.7. The van der Waals surface area contributed by atoms with E-state index in [1.165, 1.54) is 33.4 Å². The fourth-order valence-corrected chi connectivity index (χ4v) is 3.70. The van der Waals surface area contributed by atoms with E-state index < -0.39 is 0 Å². The van der Waals surface area contributed by atoms with E-state index in [1.807, 2.05) is 24.5 Å². The molecule has 4 aromatic rings. The quantitative estimate of drug-likeness (QED) is 0.263. The third-order valence-corrected chi connectivity index (χ3v) is 4.93. The SMILES string of the molecule is C1=C[C-](c2cccc3cccnc23)CC(c2cccc3cccnc23)=C1.[Cl][Pt+]. The van der Waals surface area contributed by atoms with E-state index in [1.54, 1.807) is 18.8 Å². The predicted molar refractivity (Wildman–Crippen MR) is 113 cm³/mol. The van der Waals surface area contributed by atoms with Crippen LogP contribution in [-0.2, 0) is 18.8 Å². The summed E-state index contributed by atoms with van der Waals surface area (Å²) in [5, 5.41) is 2.35. The standard InChI is InChI=1S/C24H17N2.ClH.Pt/c1-8-19(21-12-2-6-17-10-4-14-25-23(17)21)16-20(9-1)22-13-3-7-18-11-5-15-26-24(18)22;;/h1-15H,16H2;1H;/q-1;;+2/p-1. The van der Waals surface area contributed by atoms with Crippen LogP contribution in [0.15, 0.2) is 91.3 Å². The number of pyridine rings is 2.